The first kappa shape index (κ1) is 42.2. The number of benzene rings is 1. The maximum absolute atomic E-state index is 13.9. The molecule has 5 amide bonds. The number of carboxylic acids is 2. The van der Waals surface area contributed by atoms with Crippen molar-refractivity contribution in [2.45, 2.75) is 61.5 Å². The van der Waals surface area contributed by atoms with Crippen LogP contribution in [0.5, 0.6) is 11.5 Å². The van der Waals surface area contributed by atoms with Crippen molar-refractivity contribution in [1.82, 2.24) is 30.4 Å². The average molecular weight is 866 g/mol. The molecule has 4 atom stereocenters. The van der Waals surface area contributed by atoms with Crippen molar-refractivity contribution < 1.29 is 58.5 Å². The fourth-order valence-electron chi connectivity index (χ4n) is 7.05. The van der Waals surface area contributed by atoms with Gasteiger partial charge in [-0.3, -0.25) is 19.3 Å². The fraction of sp³-hybridized carbons (Fsp3) is 0.500. The zero-order valence-electron chi connectivity index (χ0n) is 31.5. The SMILES string of the molecule is C[C@H]1CN([C@]2(C(=O)O)CN3C(=O)[C@@H](NC(=O)/C(=N\OC(C)(C)C(=O)O)c4csc(N)n4)[C@H]3S2)C(=O)N1/N=C/C[N+]1(CCNC(=O)c2ccc(O)c(O)c2Cl)CCCC1. The number of anilines is 1. The number of halogens is 1. The number of hydrazone groups is 1. The molecule has 4 fully saturated rings. The first-order valence-electron chi connectivity index (χ1n) is 18.0. The van der Waals surface area contributed by atoms with Gasteiger partial charge in [0.25, 0.3) is 11.8 Å². The Hall–Kier alpha value is -5.39. The first-order chi connectivity index (χ1) is 27.3. The summed E-state index contributed by atoms with van der Waals surface area (Å²) in [6.07, 6.45) is 3.48. The number of carbonyl (C=O) groups is 6. The fourth-order valence-corrected chi connectivity index (χ4v) is 9.46. The number of phenolic OH excluding ortho intramolecular Hbond substituents is 2. The molecule has 2 aromatic rings. The van der Waals surface area contributed by atoms with Crippen LogP contribution in [0, 0.1) is 0 Å². The zero-order valence-corrected chi connectivity index (χ0v) is 33.8. The number of amides is 5. The minimum absolute atomic E-state index is 0.0112. The van der Waals surface area contributed by atoms with E-state index in [2.05, 4.69) is 25.9 Å². The molecule has 1 aromatic carbocycles. The Bertz CT molecular complexity index is 2090. The number of thioether (sulfide) groups is 1. The van der Waals surface area contributed by atoms with Gasteiger partial charge in [0.1, 0.15) is 23.7 Å². The van der Waals surface area contributed by atoms with E-state index < -0.39 is 80.8 Å². The molecule has 0 spiro atoms. The molecular weight excluding hydrogens is 824 g/mol. The van der Waals surface area contributed by atoms with Gasteiger partial charge in [0.05, 0.1) is 55.6 Å². The Morgan fingerprint density at radius 3 is 2.53 bits per heavy atom. The quantitative estimate of drug-likeness (QED) is 0.0427. The molecule has 4 aliphatic heterocycles. The molecule has 312 valence electrons. The lowest BCUT2D eigenvalue weighted by atomic mass is 10.1. The van der Waals surface area contributed by atoms with Gasteiger partial charge in [-0.1, -0.05) is 28.5 Å². The van der Waals surface area contributed by atoms with E-state index in [1.165, 1.54) is 46.2 Å². The van der Waals surface area contributed by atoms with E-state index in [4.69, 9.17) is 22.2 Å². The third-order valence-corrected chi connectivity index (χ3v) is 13.2. The number of β-lactam (4-membered cyclic amide) rings is 1. The number of urea groups is 1. The van der Waals surface area contributed by atoms with Gasteiger partial charge in [-0.25, -0.2) is 24.4 Å². The molecule has 5 heterocycles. The summed E-state index contributed by atoms with van der Waals surface area (Å²) in [6.45, 7) is 6.54. The number of thiazole rings is 1. The van der Waals surface area contributed by atoms with Crippen LogP contribution in [0.4, 0.5) is 9.93 Å². The van der Waals surface area contributed by atoms with Crippen LogP contribution in [0.1, 0.15) is 49.7 Å². The molecule has 4 aliphatic rings. The lowest BCUT2D eigenvalue weighted by Gasteiger charge is -2.41. The van der Waals surface area contributed by atoms with Gasteiger partial charge in [-0.15, -0.1) is 11.3 Å². The van der Waals surface area contributed by atoms with Crippen molar-refractivity contribution in [3.63, 3.8) is 0 Å². The second-order valence-corrected chi connectivity index (χ2v) is 17.4. The molecule has 8 N–H and O–H groups in total. The molecule has 0 unspecified atom stereocenters. The highest BCUT2D eigenvalue weighted by atomic mass is 35.5. The number of aliphatic carboxylic acids is 2. The van der Waals surface area contributed by atoms with E-state index in [-0.39, 0.29) is 41.0 Å². The number of carbonyl (C=O) groups excluding carboxylic acids is 4. The molecule has 0 aliphatic carbocycles. The van der Waals surface area contributed by atoms with Gasteiger partial charge in [0.2, 0.25) is 16.4 Å². The van der Waals surface area contributed by atoms with E-state index >= 15 is 0 Å². The summed E-state index contributed by atoms with van der Waals surface area (Å²) in [4.78, 5) is 87.8. The van der Waals surface area contributed by atoms with Crippen LogP contribution in [-0.2, 0) is 24.0 Å². The monoisotopic (exact) mass is 865 g/mol. The summed E-state index contributed by atoms with van der Waals surface area (Å²) in [6, 6.07) is 0.0245. The summed E-state index contributed by atoms with van der Waals surface area (Å²) in [7, 11) is 0. The van der Waals surface area contributed by atoms with E-state index in [0.29, 0.717) is 17.6 Å². The number of nitrogen functional groups attached to an aromatic ring is 1. The van der Waals surface area contributed by atoms with Crippen molar-refractivity contribution in [3.8, 4) is 11.5 Å². The molecule has 4 saturated heterocycles. The number of quaternary nitrogens is 1. The topological polar surface area (TPSA) is 290 Å². The number of nitrogens with two attached hydrogens (primary N) is 1. The van der Waals surface area contributed by atoms with Gasteiger partial charge >= 0.3 is 18.0 Å². The van der Waals surface area contributed by atoms with Crippen molar-refractivity contribution in [1.29, 1.82) is 0 Å². The van der Waals surface area contributed by atoms with E-state index in [1.54, 1.807) is 13.1 Å². The first-order valence-corrected chi connectivity index (χ1v) is 20.1. The second kappa shape index (κ2) is 16.1. The van der Waals surface area contributed by atoms with Crippen LogP contribution in [-0.4, -0.2) is 166 Å². The number of likely N-dealkylation sites (tertiary alicyclic amines) is 1. The molecule has 1 aromatic heterocycles. The number of oxime groups is 1. The summed E-state index contributed by atoms with van der Waals surface area (Å²) in [5.74, 6) is -5.84. The maximum atomic E-state index is 13.9. The predicted octanol–water partition coefficient (Wildman–Crippen LogP) is 0.707. The minimum Gasteiger partial charge on any atom is -0.504 e. The lowest BCUT2D eigenvalue weighted by Crippen LogP contribution is -2.68. The number of carboxylic acid groups (broad SMARTS) is 2. The Morgan fingerprint density at radius 2 is 1.90 bits per heavy atom. The highest BCUT2D eigenvalue weighted by Gasteiger charge is 2.67. The number of rotatable bonds is 15. The molecule has 58 heavy (non-hydrogen) atoms. The normalized spacial score (nSPS) is 24.2. The molecule has 21 nitrogen and oxygen atoms in total. The van der Waals surface area contributed by atoms with Crippen LogP contribution in [0.2, 0.25) is 5.02 Å². The minimum atomic E-state index is -1.91. The number of phenols is 2. The molecule has 0 saturated carbocycles. The molecule has 0 bridgehead atoms. The number of nitrogens with zero attached hydrogens (tertiary/aromatic N) is 7. The number of hydrogen-bond acceptors (Lipinski definition) is 15. The number of aromatic nitrogens is 1. The van der Waals surface area contributed by atoms with Gasteiger partial charge in [0.15, 0.2) is 22.3 Å². The maximum Gasteiger partial charge on any atom is 0.350 e. The molecule has 24 heteroatoms. The highest BCUT2D eigenvalue weighted by molar-refractivity contribution is 8.02. The van der Waals surface area contributed by atoms with Crippen LogP contribution in [0.25, 0.3) is 0 Å². The molecule has 6 rings (SSSR count). The van der Waals surface area contributed by atoms with Gasteiger partial charge in [-0.05, 0) is 32.9 Å². The Balaban J connectivity index is 1.10. The second-order valence-electron chi connectivity index (χ2n) is 14.8. The summed E-state index contributed by atoms with van der Waals surface area (Å²) < 4.78 is 0.560. The largest absolute Gasteiger partial charge is 0.504 e. The highest BCUT2D eigenvalue weighted by Crippen LogP contribution is 2.50. The van der Waals surface area contributed by atoms with Gasteiger partial charge in [0, 0.05) is 24.8 Å². The van der Waals surface area contributed by atoms with Crippen LogP contribution in [0.15, 0.2) is 27.8 Å². The van der Waals surface area contributed by atoms with Crippen molar-refractivity contribution in [2.75, 3.05) is 51.5 Å². The van der Waals surface area contributed by atoms with Crippen molar-refractivity contribution >= 4 is 87.4 Å². The van der Waals surface area contributed by atoms with Crippen LogP contribution in [0.3, 0.4) is 0 Å². The van der Waals surface area contributed by atoms with Gasteiger partial charge in [-0.2, -0.15) is 5.10 Å². The van der Waals surface area contributed by atoms with Gasteiger partial charge < -0.3 is 51.0 Å². The number of nitrogens with one attached hydrogen (secondary N) is 2. The standard InChI is InChI=1S/C34H41ClN10O11S2/c1-17-14-43(32(55)44(17)38-9-13-45(10-4-5-11-45)12-8-37-25(48)18-6-7-20(46)24(47)21(18)35)34(30(53)54)16-42-27(50)23(28(42)58-34)40-26(49)22(19-15-57-31(36)39-19)41-56-33(2,3)29(51)52/h6-7,9,15,17,23,28H,4-5,8,10-14,16H2,1-3H3,(H7-,36,37,39,40,41,46,47,48,49,51,52,53,54)/p+1/b38-9+/t17-,23+,28+,34+/m0/s1. The number of hydrogen-bond donors (Lipinski definition) is 7. The Morgan fingerprint density at radius 1 is 1.19 bits per heavy atom. The van der Waals surface area contributed by atoms with Crippen molar-refractivity contribution in [2.24, 2.45) is 10.3 Å². The number of fused-ring (bicyclic) bond motifs is 1. The summed E-state index contributed by atoms with van der Waals surface area (Å²) in [5, 5.41) is 54.6. The Kier molecular flexibility index (Phi) is 11.7. The third kappa shape index (κ3) is 7.89. The van der Waals surface area contributed by atoms with E-state index in [1.807, 2.05) is 0 Å². The molecular formula is C34H42ClN10O11S2+. The lowest BCUT2D eigenvalue weighted by molar-refractivity contribution is -0.906. The van der Waals surface area contributed by atoms with Crippen LogP contribution < -0.4 is 16.4 Å². The van der Waals surface area contributed by atoms with E-state index in [0.717, 1.165) is 49.0 Å². The summed E-state index contributed by atoms with van der Waals surface area (Å²) >= 11 is 7.86. The smallest absolute Gasteiger partial charge is 0.350 e. The predicted molar refractivity (Wildman–Crippen MR) is 209 cm³/mol. The van der Waals surface area contributed by atoms with Crippen molar-refractivity contribution in [3.05, 3.63) is 33.8 Å². The van der Waals surface area contributed by atoms with E-state index in [9.17, 15) is 49.2 Å². The third-order valence-electron chi connectivity index (χ3n) is 10.5. The van der Waals surface area contributed by atoms with Crippen LogP contribution >= 0.6 is 34.7 Å². The average Bonchev–Trinajstić information content (AvgIpc) is 3.96. The Labute approximate surface area is 344 Å². The zero-order chi connectivity index (χ0) is 42.3. The summed E-state index contributed by atoms with van der Waals surface area (Å²) in [5.41, 5.74) is 3.42. The number of aromatic hydroxyl groups is 2. The molecule has 0 radical (unpaired) electrons.